The van der Waals surface area contributed by atoms with E-state index in [-0.39, 0.29) is 29.5 Å². The van der Waals surface area contributed by atoms with Gasteiger partial charge in [0.15, 0.2) is 0 Å². The Labute approximate surface area is 233 Å². The van der Waals surface area contributed by atoms with Crippen molar-refractivity contribution in [2.24, 2.45) is 0 Å². The SMILES string of the molecule is C/C(O)=C1/C(=O)N2CC[C@@]3(C(=O)N(Cc4ccccc4)c4ccc(Br)cc43)[C@@H]2C[C@H]1c1ccc(Br)cc1. The summed E-state index contributed by atoms with van der Waals surface area (Å²) < 4.78 is 1.86. The van der Waals surface area contributed by atoms with E-state index in [2.05, 4.69) is 37.9 Å². The minimum Gasteiger partial charge on any atom is -0.512 e. The molecule has 3 atom stereocenters. The standard InChI is InChI=1S/C30H26Br2N2O3/c1-18(35)27-23(20-7-9-21(31)10-8-20)16-26-30(13-14-33(26)28(27)36)24-15-22(32)11-12-25(24)34(29(30)37)17-19-5-3-2-4-6-19/h2-12,15,23,26,35H,13-14,16-17H2,1H3/b27-18-/t23-,26-,30-/m0/s1. The van der Waals surface area contributed by atoms with Crippen LogP contribution in [-0.2, 0) is 21.5 Å². The number of piperidine rings is 1. The molecule has 0 unspecified atom stereocenters. The lowest BCUT2D eigenvalue weighted by Crippen LogP contribution is -2.54. The third-order valence-electron chi connectivity index (χ3n) is 8.19. The minimum absolute atomic E-state index is 0.0453. The lowest BCUT2D eigenvalue weighted by molar-refractivity contribution is -0.132. The van der Waals surface area contributed by atoms with Crippen molar-refractivity contribution in [3.8, 4) is 0 Å². The summed E-state index contributed by atoms with van der Waals surface area (Å²) >= 11 is 7.12. The molecule has 3 aliphatic heterocycles. The Morgan fingerprint density at radius 3 is 2.41 bits per heavy atom. The molecule has 2 amide bonds. The molecule has 3 aromatic rings. The molecule has 0 radical (unpaired) electrons. The molecule has 7 heteroatoms. The highest BCUT2D eigenvalue weighted by Crippen LogP contribution is 2.56. The van der Waals surface area contributed by atoms with E-state index >= 15 is 0 Å². The number of carbonyl (C=O) groups is 2. The Balaban J connectivity index is 1.47. The summed E-state index contributed by atoms with van der Waals surface area (Å²) in [5, 5.41) is 10.6. The summed E-state index contributed by atoms with van der Waals surface area (Å²) in [6.07, 6.45) is 1.12. The number of benzene rings is 3. The first-order valence-electron chi connectivity index (χ1n) is 12.4. The Morgan fingerprint density at radius 2 is 1.70 bits per heavy atom. The van der Waals surface area contributed by atoms with Gasteiger partial charge in [0.25, 0.3) is 5.91 Å². The molecule has 3 heterocycles. The second-order valence-corrected chi connectivity index (χ2v) is 11.9. The normalized spacial score (nSPS) is 26.0. The van der Waals surface area contributed by atoms with Gasteiger partial charge >= 0.3 is 0 Å². The van der Waals surface area contributed by atoms with E-state index in [1.54, 1.807) is 6.92 Å². The lowest BCUT2D eigenvalue weighted by atomic mass is 9.69. The summed E-state index contributed by atoms with van der Waals surface area (Å²) in [4.78, 5) is 32.1. The number of hydrogen-bond donors (Lipinski definition) is 1. The predicted molar refractivity (Wildman–Crippen MR) is 150 cm³/mol. The summed E-state index contributed by atoms with van der Waals surface area (Å²) in [5.74, 6) is -0.378. The number of rotatable bonds is 3. The Hall–Kier alpha value is -2.90. The number of anilines is 1. The molecule has 37 heavy (non-hydrogen) atoms. The maximum Gasteiger partial charge on any atom is 0.254 e. The van der Waals surface area contributed by atoms with Crippen molar-refractivity contribution >= 4 is 49.4 Å². The average molecular weight is 622 g/mol. The predicted octanol–water partition coefficient (Wildman–Crippen LogP) is 6.62. The number of hydrogen-bond acceptors (Lipinski definition) is 3. The second-order valence-electron chi connectivity index (χ2n) is 10.1. The van der Waals surface area contributed by atoms with E-state index in [4.69, 9.17) is 0 Å². The maximum atomic E-state index is 14.5. The molecular weight excluding hydrogens is 596 g/mol. The van der Waals surface area contributed by atoms with Crippen LogP contribution in [0.3, 0.4) is 0 Å². The number of aliphatic hydroxyl groups excluding tert-OH is 1. The van der Waals surface area contributed by atoms with Gasteiger partial charge in [-0.15, -0.1) is 0 Å². The zero-order valence-corrected chi connectivity index (χ0v) is 23.5. The third-order valence-corrected chi connectivity index (χ3v) is 9.22. The van der Waals surface area contributed by atoms with Gasteiger partial charge in [0.1, 0.15) is 0 Å². The van der Waals surface area contributed by atoms with Crippen molar-refractivity contribution in [2.45, 2.75) is 43.7 Å². The zero-order valence-electron chi connectivity index (χ0n) is 20.3. The Morgan fingerprint density at radius 1 is 1.00 bits per heavy atom. The number of aliphatic hydroxyl groups is 1. The number of halogens is 2. The summed E-state index contributed by atoms with van der Waals surface area (Å²) in [6, 6.07) is 23.6. The van der Waals surface area contributed by atoms with Crippen LogP contribution in [0.2, 0.25) is 0 Å². The Kier molecular flexibility index (Phi) is 6.03. The quantitative estimate of drug-likeness (QED) is 0.264. The van der Waals surface area contributed by atoms with E-state index in [1.807, 2.05) is 76.5 Å². The zero-order chi connectivity index (χ0) is 25.9. The van der Waals surface area contributed by atoms with Crippen molar-refractivity contribution < 1.29 is 14.7 Å². The molecule has 5 nitrogen and oxygen atoms in total. The smallest absolute Gasteiger partial charge is 0.254 e. The summed E-state index contributed by atoms with van der Waals surface area (Å²) in [6.45, 7) is 2.54. The van der Waals surface area contributed by atoms with Crippen LogP contribution in [0.25, 0.3) is 0 Å². The molecule has 0 bridgehead atoms. The minimum atomic E-state index is -0.827. The molecule has 6 rings (SSSR count). The largest absolute Gasteiger partial charge is 0.512 e. The first-order chi connectivity index (χ1) is 17.8. The number of amides is 2. The van der Waals surface area contributed by atoms with Gasteiger partial charge in [0.2, 0.25) is 5.91 Å². The van der Waals surface area contributed by atoms with Crippen molar-refractivity contribution in [1.29, 1.82) is 0 Å². The van der Waals surface area contributed by atoms with Crippen molar-refractivity contribution in [3.05, 3.63) is 110 Å². The molecule has 0 aliphatic carbocycles. The summed E-state index contributed by atoms with van der Waals surface area (Å²) in [5.41, 5.74) is 3.51. The fourth-order valence-electron chi connectivity index (χ4n) is 6.56. The van der Waals surface area contributed by atoms with Gasteiger partial charge in [0, 0.05) is 27.1 Å². The van der Waals surface area contributed by atoms with E-state index in [0.29, 0.717) is 31.5 Å². The number of allylic oxidation sites excluding steroid dienone is 1. The molecule has 2 saturated heterocycles. The molecule has 1 spiro atoms. The average Bonchev–Trinajstić information content (AvgIpc) is 3.38. The van der Waals surface area contributed by atoms with E-state index in [1.165, 1.54) is 0 Å². The van der Waals surface area contributed by atoms with Crippen LogP contribution >= 0.6 is 31.9 Å². The molecular formula is C30H26Br2N2O3. The topological polar surface area (TPSA) is 60.9 Å². The van der Waals surface area contributed by atoms with Gasteiger partial charge in [-0.1, -0.05) is 74.3 Å². The highest BCUT2D eigenvalue weighted by molar-refractivity contribution is 9.10. The molecule has 3 aromatic carbocycles. The lowest BCUT2D eigenvalue weighted by Gasteiger charge is -2.42. The molecule has 188 valence electrons. The fraction of sp³-hybridized carbons (Fsp3) is 0.267. The van der Waals surface area contributed by atoms with Gasteiger partial charge in [-0.25, -0.2) is 0 Å². The monoisotopic (exact) mass is 620 g/mol. The molecule has 0 aromatic heterocycles. The number of fused-ring (bicyclic) bond motifs is 4. The fourth-order valence-corrected chi connectivity index (χ4v) is 7.18. The molecule has 0 saturated carbocycles. The Bertz CT molecular complexity index is 1430. The van der Waals surface area contributed by atoms with Crippen molar-refractivity contribution in [1.82, 2.24) is 4.90 Å². The molecule has 1 N–H and O–H groups in total. The van der Waals surface area contributed by atoms with Crippen LogP contribution in [0.15, 0.2) is 93.1 Å². The highest BCUT2D eigenvalue weighted by Gasteiger charge is 2.63. The van der Waals surface area contributed by atoms with Crippen molar-refractivity contribution in [2.75, 3.05) is 11.4 Å². The van der Waals surface area contributed by atoms with Gasteiger partial charge in [-0.05, 0) is 66.8 Å². The van der Waals surface area contributed by atoms with E-state index in [9.17, 15) is 14.7 Å². The highest BCUT2D eigenvalue weighted by atomic mass is 79.9. The van der Waals surface area contributed by atoms with Gasteiger partial charge in [-0.3, -0.25) is 9.59 Å². The van der Waals surface area contributed by atoms with E-state index in [0.717, 1.165) is 31.3 Å². The van der Waals surface area contributed by atoms with Gasteiger partial charge < -0.3 is 14.9 Å². The van der Waals surface area contributed by atoms with Crippen LogP contribution < -0.4 is 4.90 Å². The third kappa shape index (κ3) is 3.77. The van der Waals surface area contributed by atoms with E-state index < -0.39 is 5.41 Å². The van der Waals surface area contributed by atoms with Crippen LogP contribution in [0, 0.1) is 0 Å². The van der Waals surface area contributed by atoms with Gasteiger partial charge in [0.05, 0.1) is 29.3 Å². The summed E-state index contributed by atoms with van der Waals surface area (Å²) in [7, 11) is 0. The van der Waals surface area contributed by atoms with Crippen LogP contribution in [0.1, 0.15) is 42.4 Å². The first kappa shape index (κ1) is 24.4. The maximum absolute atomic E-state index is 14.5. The van der Waals surface area contributed by atoms with Crippen LogP contribution in [0.4, 0.5) is 5.69 Å². The van der Waals surface area contributed by atoms with Crippen molar-refractivity contribution in [3.63, 3.8) is 0 Å². The number of carbonyl (C=O) groups excluding carboxylic acids is 2. The second kappa shape index (κ2) is 9.14. The van der Waals surface area contributed by atoms with Gasteiger partial charge in [-0.2, -0.15) is 0 Å². The first-order valence-corrected chi connectivity index (χ1v) is 14.0. The molecule has 2 fully saturated rings. The van der Waals surface area contributed by atoms with Crippen LogP contribution in [0.5, 0.6) is 0 Å². The number of nitrogens with zero attached hydrogens (tertiary/aromatic N) is 2. The molecule has 3 aliphatic rings. The van der Waals surface area contributed by atoms with Crippen LogP contribution in [-0.4, -0.2) is 34.4 Å².